The summed E-state index contributed by atoms with van der Waals surface area (Å²) in [5.41, 5.74) is 10.5. The Labute approximate surface area is 289 Å². The first-order chi connectivity index (χ1) is 24.0. The summed E-state index contributed by atoms with van der Waals surface area (Å²) in [4.78, 5) is 9.19. The number of hydrogen-bond acceptors (Lipinski definition) is 3. The predicted molar refractivity (Wildman–Crippen MR) is 205 cm³/mol. The maximum atomic E-state index is 8.51. The molecule has 2 aromatic heterocycles. The summed E-state index contributed by atoms with van der Waals surface area (Å²) in [6.45, 7) is 17.8. The first-order valence-corrected chi connectivity index (χ1v) is 17.4. The zero-order chi connectivity index (χ0) is 36.6. The smallest absolute Gasteiger partial charge is 0.145 e. The van der Waals surface area contributed by atoms with Crippen LogP contribution in [0.4, 0.5) is 0 Å². The molecule has 0 saturated heterocycles. The molecule has 0 spiro atoms. The second kappa shape index (κ2) is 11.9. The summed E-state index contributed by atoms with van der Waals surface area (Å²) in [7, 11) is 0. The van der Waals surface area contributed by atoms with Crippen molar-refractivity contribution in [2.24, 2.45) is 0 Å². The van der Waals surface area contributed by atoms with Crippen LogP contribution in [0.3, 0.4) is 0 Å². The van der Waals surface area contributed by atoms with E-state index in [1.165, 1.54) is 33.2 Å². The molecule has 0 amide bonds. The molecule has 244 valence electrons. The van der Waals surface area contributed by atoms with Crippen LogP contribution in [0.2, 0.25) is 0 Å². The fourth-order valence-electron chi connectivity index (χ4n) is 7.36. The Balaban J connectivity index is 1.55. The summed E-state index contributed by atoms with van der Waals surface area (Å²) >= 11 is 0. The first kappa shape index (κ1) is 28.5. The van der Waals surface area contributed by atoms with Gasteiger partial charge in [0.2, 0.25) is 0 Å². The van der Waals surface area contributed by atoms with Crippen LogP contribution in [0, 0.1) is 6.85 Å². The van der Waals surface area contributed by atoms with E-state index in [4.69, 9.17) is 8.53 Å². The van der Waals surface area contributed by atoms with Gasteiger partial charge >= 0.3 is 0 Å². The average Bonchev–Trinajstić information content (AvgIpc) is 3.47. The second-order valence-electron chi connectivity index (χ2n) is 15.4. The lowest BCUT2D eigenvalue weighted by atomic mass is 9.81. The summed E-state index contributed by atoms with van der Waals surface area (Å²) in [6, 6.07) is 25.5. The van der Waals surface area contributed by atoms with Crippen molar-refractivity contribution in [3.8, 4) is 11.3 Å². The van der Waals surface area contributed by atoms with Gasteiger partial charge in [-0.3, -0.25) is 0 Å². The van der Waals surface area contributed by atoms with Crippen molar-refractivity contribution >= 4 is 43.5 Å². The highest BCUT2D eigenvalue weighted by Gasteiger charge is 2.23. The van der Waals surface area contributed by atoms with E-state index >= 15 is 0 Å². The molecule has 5 aromatic carbocycles. The van der Waals surface area contributed by atoms with Gasteiger partial charge in [-0.2, -0.15) is 0 Å². The third-order valence-corrected chi connectivity index (χ3v) is 10.0. The Morgan fingerprint density at radius 1 is 0.688 bits per heavy atom. The molecule has 0 aliphatic carbocycles. The minimum absolute atomic E-state index is 0.184. The van der Waals surface area contributed by atoms with Crippen LogP contribution in [-0.2, 0) is 11.8 Å². The number of fused-ring (bicyclic) bond motifs is 7. The summed E-state index contributed by atoms with van der Waals surface area (Å²) in [5.74, 6) is 1.20. The molecule has 0 saturated carbocycles. The van der Waals surface area contributed by atoms with E-state index in [0.29, 0.717) is 40.0 Å². The molecule has 0 fully saturated rings. The van der Waals surface area contributed by atoms with Crippen molar-refractivity contribution < 1.29 is 8.53 Å². The molecule has 3 nitrogen and oxygen atoms in total. The average molecular weight is 636 g/mol. The maximum Gasteiger partial charge on any atom is 0.145 e. The van der Waals surface area contributed by atoms with E-state index in [2.05, 4.69) is 121 Å². The number of furan rings is 1. The predicted octanol–water partition coefficient (Wildman–Crippen LogP) is 12.9. The molecule has 0 aliphatic rings. The van der Waals surface area contributed by atoms with Gasteiger partial charge < -0.3 is 4.42 Å². The van der Waals surface area contributed by atoms with Crippen LogP contribution < -0.4 is 0 Å². The standard InChI is InChI=1S/C45H48N2O/c1-25(2)29-19-36(26(3)4)38(37(20-29)27(5)6)21-30-22-39-33(32-14-12-11-13-31(30)32)17-18-35-42-28(7)15-16-34(44(42)48-43(35)39)40-23-41(45(8,9)10)47-24-46-40/h11-20,22-27H,21H2,1-10H3/i7D3. The van der Waals surface area contributed by atoms with E-state index in [1.807, 2.05) is 18.2 Å². The van der Waals surface area contributed by atoms with Crippen LogP contribution >= 0.6 is 0 Å². The third-order valence-electron chi connectivity index (χ3n) is 10.0. The summed E-state index contributed by atoms with van der Waals surface area (Å²) in [6.07, 6.45) is 2.37. The molecule has 3 heteroatoms. The van der Waals surface area contributed by atoms with Gasteiger partial charge in [-0.25, -0.2) is 9.97 Å². The Kier molecular flexibility index (Phi) is 7.05. The molecule has 7 rings (SSSR count). The molecule has 2 heterocycles. The Hall–Kier alpha value is -4.50. The van der Waals surface area contributed by atoms with Gasteiger partial charge in [0.1, 0.15) is 17.5 Å². The fraction of sp³-hybridized carbons (Fsp3) is 0.333. The topological polar surface area (TPSA) is 38.9 Å². The van der Waals surface area contributed by atoms with Gasteiger partial charge in [0.05, 0.1) is 5.69 Å². The molecule has 0 unspecified atom stereocenters. The molecule has 0 N–H and O–H groups in total. The molecule has 0 atom stereocenters. The van der Waals surface area contributed by atoms with E-state index in [1.54, 1.807) is 12.4 Å². The normalized spacial score (nSPS) is 13.8. The molecular weight excluding hydrogens is 585 g/mol. The highest BCUT2D eigenvalue weighted by molar-refractivity contribution is 6.22. The molecule has 0 aliphatic heterocycles. The Morgan fingerprint density at radius 3 is 2.00 bits per heavy atom. The number of aromatic nitrogens is 2. The fourth-order valence-corrected chi connectivity index (χ4v) is 7.36. The summed E-state index contributed by atoms with van der Waals surface area (Å²) < 4.78 is 32.4. The quantitative estimate of drug-likeness (QED) is 0.171. The highest BCUT2D eigenvalue weighted by atomic mass is 16.3. The van der Waals surface area contributed by atoms with Gasteiger partial charge in [-0.1, -0.05) is 111 Å². The Morgan fingerprint density at radius 2 is 1.35 bits per heavy atom. The second-order valence-corrected chi connectivity index (χ2v) is 15.4. The van der Waals surface area contributed by atoms with Crippen molar-refractivity contribution in [3.63, 3.8) is 0 Å². The number of nitrogens with zero attached hydrogens (tertiary/aromatic N) is 2. The van der Waals surface area contributed by atoms with Crippen molar-refractivity contribution in [1.82, 2.24) is 9.97 Å². The van der Waals surface area contributed by atoms with E-state index < -0.39 is 6.85 Å². The zero-order valence-electron chi connectivity index (χ0n) is 32.7. The third kappa shape index (κ3) is 5.38. The van der Waals surface area contributed by atoms with Gasteiger partial charge in [0, 0.05) is 36.9 Å². The molecule has 48 heavy (non-hydrogen) atoms. The largest absolute Gasteiger partial charge is 0.455 e. The lowest BCUT2D eigenvalue weighted by molar-refractivity contribution is 0.567. The van der Waals surface area contributed by atoms with Crippen molar-refractivity contribution in [2.45, 2.75) is 98.8 Å². The minimum atomic E-state index is -2.33. The molecule has 0 radical (unpaired) electrons. The lowest BCUT2D eigenvalue weighted by Crippen LogP contribution is -2.13. The van der Waals surface area contributed by atoms with Gasteiger partial charge in [0.15, 0.2) is 0 Å². The van der Waals surface area contributed by atoms with Crippen LogP contribution in [0.15, 0.2) is 83.5 Å². The van der Waals surface area contributed by atoms with Crippen LogP contribution in [0.5, 0.6) is 0 Å². The van der Waals surface area contributed by atoms with Crippen molar-refractivity contribution in [1.29, 1.82) is 0 Å². The van der Waals surface area contributed by atoms with Crippen molar-refractivity contribution in [2.75, 3.05) is 0 Å². The van der Waals surface area contributed by atoms with E-state index in [0.717, 1.165) is 39.2 Å². The van der Waals surface area contributed by atoms with Crippen molar-refractivity contribution in [3.05, 3.63) is 118 Å². The van der Waals surface area contributed by atoms with Gasteiger partial charge in [-0.05, 0) is 105 Å². The zero-order valence-corrected chi connectivity index (χ0v) is 29.7. The first-order valence-electron chi connectivity index (χ1n) is 18.9. The SMILES string of the molecule is [2H]C([2H])([2H])c1ccc(-c2cc(C(C)(C)C)ncn2)c2oc3c4cc(Cc5c(C(C)C)cc(C(C)C)cc5C(C)C)c5ccccc5c4ccc3c12. The molecular formula is C45H48N2O. The Bertz CT molecular complexity index is 2430. The number of benzene rings is 5. The number of hydrogen-bond donors (Lipinski definition) is 0. The molecule has 0 bridgehead atoms. The van der Waals surface area contributed by atoms with E-state index in [9.17, 15) is 0 Å². The van der Waals surface area contributed by atoms with Crippen LogP contribution in [0.1, 0.15) is 123 Å². The highest BCUT2D eigenvalue weighted by Crippen LogP contribution is 2.43. The number of rotatable bonds is 6. The molecule has 7 aromatic rings. The van der Waals surface area contributed by atoms with Gasteiger partial charge in [0.25, 0.3) is 0 Å². The monoisotopic (exact) mass is 635 g/mol. The summed E-state index contributed by atoms with van der Waals surface area (Å²) in [5, 5.41) is 5.85. The lowest BCUT2D eigenvalue weighted by Gasteiger charge is -2.24. The van der Waals surface area contributed by atoms with Crippen LogP contribution in [0.25, 0.3) is 54.7 Å². The van der Waals surface area contributed by atoms with E-state index in [-0.39, 0.29) is 11.0 Å². The van der Waals surface area contributed by atoms with Crippen LogP contribution in [-0.4, -0.2) is 9.97 Å². The minimum Gasteiger partial charge on any atom is -0.455 e. The van der Waals surface area contributed by atoms with Gasteiger partial charge in [-0.15, -0.1) is 0 Å². The number of aryl methyl sites for hydroxylation is 1. The maximum absolute atomic E-state index is 8.51.